The number of hydrogen-bond donors (Lipinski definition) is 1. The summed E-state index contributed by atoms with van der Waals surface area (Å²) in [5.41, 5.74) is 0.299. The van der Waals surface area contributed by atoms with Crippen molar-refractivity contribution in [1.82, 2.24) is 4.98 Å². The van der Waals surface area contributed by atoms with Crippen LogP contribution in [0.15, 0.2) is 59.1 Å². The smallest absolute Gasteiger partial charge is 0.139 e. The van der Waals surface area contributed by atoms with Crippen molar-refractivity contribution in [2.45, 2.75) is 5.03 Å². The van der Waals surface area contributed by atoms with E-state index in [1.165, 1.54) is 29.8 Å². The molecule has 5 heteroatoms. The molecule has 0 aliphatic rings. The van der Waals surface area contributed by atoms with Gasteiger partial charge in [-0.3, -0.25) is 0 Å². The van der Waals surface area contributed by atoms with Gasteiger partial charge in [0.25, 0.3) is 0 Å². The summed E-state index contributed by atoms with van der Waals surface area (Å²) >= 11 is 0. The molecule has 0 saturated heterocycles. The summed E-state index contributed by atoms with van der Waals surface area (Å²) in [7, 11) is -3.13. The van der Waals surface area contributed by atoms with Crippen LogP contribution in [0.2, 0.25) is 0 Å². The lowest BCUT2D eigenvalue weighted by molar-refractivity contribution is 0.625. The van der Waals surface area contributed by atoms with E-state index < -0.39 is 15.5 Å². The van der Waals surface area contributed by atoms with E-state index in [-0.39, 0.29) is 5.03 Å². The van der Waals surface area contributed by atoms with Crippen LogP contribution in [0, 0.1) is 10.6 Å². The van der Waals surface area contributed by atoms with Crippen molar-refractivity contribution < 1.29 is 8.60 Å². The molecule has 18 heavy (non-hydrogen) atoms. The van der Waals surface area contributed by atoms with Gasteiger partial charge in [0.1, 0.15) is 20.6 Å². The van der Waals surface area contributed by atoms with Gasteiger partial charge in [-0.1, -0.05) is 24.3 Å². The summed E-state index contributed by atoms with van der Waals surface area (Å²) in [5.74, 6) is -0.412. The van der Waals surface area contributed by atoms with Crippen molar-refractivity contribution >= 4 is 15.8 Å². The fraction of sp³-hybridized carbons (Fsp3) is 0. The highest BCUT2D eigenvalue weighted by atomic mass is 32.2. The van der Waals surface area contributed by atoms with E-state index in [2.05, 4.69) is 4.98 Å². The van der Waals surface area contributed by atoms with Crippen LogP contribution in [0.5, 0.6) is 0 Å². The second-order valence-corrected chi connectivity index (χ2v) is 5.48. The first-order valence-electron chi connectivity index (χ1n) is 5.22. The number of pyridine rings is 1. The predicted octanol–water partition coefficient (Wildman–Crippen LogP) is 3.30. The second kappa shape index (κ2) is 5.10. The number of benzene rings is 1. The molecule has 0 aliphatic carbocycles. The Balaban J connectivity index is 2.32. The van der Waals surface area contributed by atoms with Crippen LogP contribution < -0.4 is 0 Å². The molecule has 92 valence electrons. The van der Waals surface area contributed by atoms with Crippen molar-refractivity contribution in [3.8, 4) is 0 Å². The number of halogens is 1. The normalized spacial score (nSPS) is 14.5. The predicted molar refractivity (Wildman–Crippen MR) is 68.8 cm³/mol. The highest BCUT2D eigenvalue weighted by Gasteiger charge is 2.06. The third-order valence-corrected chi connectivity index (χ3v) is 3.68. The van der Waals surface area contributed by atoms with Gasteiger partial charge < -0.3 is 0 Å². The molecule has 3 nitrogen and oxygen atoms in total. The maximum atomic E-state index is 13.3. The molecular formula is C13H11FN2OS. The number of nitrogens with one attached hydrogen (secondary N) is 1. The van der Waals surface area contributed by atoms with E-state index >= 15 is 0 Å². The van der Waals surface area contributed by atoms with E-state index in [1.807, 2.05) is 0 Å². The molecule has 0 radical (unpaired) electrons. The molecule has 1 aromatic heterocycles. The van der Waals surface area contributed by atoms with E-state index in [0.717, 1.165) is 0 Å². The molecule has 1 aromatic carbocycles. The SMILES string of the molecule is N=S(=O)(/C=C/c1ccccc1F)c1ccccn1. The average molecular weight is 262 g/mol. The van der Waals surface area contributed by atoms with E-state index in [9.17, 15) is 8.60 Å². The van der Waals surface area contributed by atoms with Crippen LogP contribution in [0.3, 0.4) is 0 Å². The Morgan fingerprint density at radius 1 is 1.17 bits per heavy atom. The topological polar surface area (TPSA) is 53.8 Å². The van der Waals surface area contributed by atoms with Crippen molar-refractivity contribution in [2.75, 3.05) is 0 Å². The van der Waals surface area contributed by atoms with E-state index in [4.69, 9.17) is 4.78 Å². The molecule has 1 atom stereocenters. The van der Waals surface area contributed by atoms with Gasteiger partial charge in [0, 0.05) is 17.2 Å². The van der Waals surface area contributed by atoms with Crippen molar-refractivity contribution in [2.24, 2.45) is 0 Å². The maximum Gasteiger partial charge on any atom is 0.139 e. The first-order chi connectivity index (χ1) is 8.59. The molecule has 2 rings (SSSR count). The van der Waals surface area contributed by atoms with Crippen molar-refractivity contribution in [1.29, 1.82) is 4.78 Å². The first-order valence-corrected chi connectivity index (χ1v) is 6.84. The largest absolute Gasteiger partial charge is 0.246 e. The molecule has 2 aromatic rings. The van der Waals surface area contributed by atoms with Gasteiger partial charge in [0.15, 0.2) is 0 Å². The second-order valence-electron chi connectivity index (χ2n) is 3.59. The summed E-state index contributed by atoms with van der Waals surface area (Å²) in [6.07, 6.45) is 2.82. The molecule has 0 saturated carbocycles. The fourth-order valence-electron chi connectivity index (χ4n) is 1.38. The van der Waals surface area contributed by atoms with Crippen LogP contribution in [-0.2, 0) is 9.73 Å². The molecular weight excluding hydrogens is 251 g/mol. The monoisotopic (exact) mass is 262 g/mol. The van der Waals surface area contributed by atoms with Crippen LogP contribution in [-0.4, -0.2) is 9.19 Å². The van der Waals surface area contributed by atoms with Crippen LogP contribution in [0.25, 0.3) is 6.08 Å². The van der Waals surface area contributed by atoms with Gasteiger partial charge >= 0.3 is 0 Å². The number of hydrogen-bond acceptors (Lipinski definition) is 3. The standard InChI is InChI=1S/C13H11FN2OS/c14-12-6-2-1-5-11(12)8-10-18(15,17)13-7-3-4-9-16-13/h1-10,15H/b10-8+. The maximum absolute atomic E-state index is 13.3. The summed E-state index contributed by atoms with van der Waals surface area (Å²) in [5, 5.41) is 1.34. The Bertz CT molecular complexity index is 666. The third kappa shape index (κ3) is 2.81. The van der Waals surface area contributed by atoms with Gasteiger partial charge in [-0.25, -0.2) is 18.4 Å². The minimum Gasteiger partial charge on any atom is -0.246 e. The Hall–Kier alpha value is -2.01. The van der Waals surface area contributed by atoms with Gasteiger partial charge in [0.2, 0.25) is 0 Å². The van der Waals surface area contributed by atoms with Gasteiger partial charge in [-0.05, 0) is 24.3 Å². The molecule has 0 bridgehead atoms. The van der Waals surface area contributed by atoms with Crippen molar-refractivity contribution in [3.63, 3.8) is 0 Å². The zero-order chi connectivity index (χ0) is 13.0. The molecule has 1 heterocycles. The quantitative estimate of drug-likeness (QED) is 0.922. The summed E-state index contributed by atoms with van der Waals surface area (Å²) in [4.78, 5) is 3.88. The molecule has 0 amide bonds. The van der Waals surface area contributed by atoms with E-state index in [1.54, 1.807) is 30.3 Å². The molecule has 1 N–H and O–H groups in total. The third-order valence-electron chi connectivity index (χ3n) is 2.29. The Labute approximate surface area is 105 Å². The first kappa shape index (κ1) is 12.4. The zero-order valence-corrected chi connectivity index (χ0v) is 10.2. The molecule has 0 aliphatic heterocycles. The Morgan fingerprint density at radius 2 is 1.89 bits per heavy atom. The molecule has 1 unspecified atom stereocenters. The fourth-order valence-corrected chi connectivity index (χ4v) is 2.35. The van der Waals surface area contributed by atoms with Crippen molar-refractivity contribution in [3.05, 3.63) is 65.5 Å². The lowest BCUT2D eigenvalue weighted by Gasteiger charge is -2.00. The minimum absolute atomic E-state index is 0.164. The summed E-state index contributed by atoms with van der Waals surface area (Å²) in [6.45, 7) is 0. The highest BCUT2D eigenvalue weighted by molar-refractivity contribution is 7.95. The zero-order valence-electron chi connectivity index (χ0n) is 9.42. The lowest BCUT2D eigenvalue weighted by Crippen LogP contribution is -1.96. The van der Waals surface area contributed by atoms with Crippen LogP contribution in [0.4, 0.5) is 4.39 Å². The average Bonchev–Trinajstić information content (AvgIpc) is 2.39. The van der Waals surface area contributed by atoms with Crippen LogP contribution >= 0.6 is 0 Å². The molecule has 0 spiro atoms. The number of aromatic nitrogens is 1. The Kier molecular flexibility index (Phi) is 3.53. The number of rotatable bonds is 3. The van der Waals surface area contributed by atoms with E-state index in [0.29, 0.717) is 5.56 Å². The lowest BCUT2D eigenvalue weighted by atomic mass is 10.2. The molecule has 0 fully saturated rings. The minimum atomic E-state index is -3.13. The Morgan fingerprint density at radius 3 is 2.56 bits per heavy atom. The van der Waals surface area contributed by atoms with Crippen LogP contribution in [0.1, 0.15) is 5.56 Å². The van der Waals surface area contributed by atoms with Gasteiger partial charge in [0.05, 0.1) is 0 Å². The summed E-state index contributed by atoms with van der Waals surface area (Å²) < 4.78 is 33.2. The van der Waals surface area contributed by atoms with Gasteiger partial charge in [-0.2, -0.15) is 0 Å². The summed E-state index contributed by atoms with van der Waals surface area (Å²) in [6, 6.07) is 11.0. The highest BCUT2D eigenvalue weighted by Crippen LogP contribution is 2.13. The van der Waals surface area contributed by atoms with Gasteiger partial charge in [-0.15, -0.1) is 0 Å². The number of nitrogens with zero attached hydrogens (tertiary/aromatic N) is 1.